The Bertz CT molecular complexity index is 390. The van der Waals surface area contributed by atoms with Gasteiger partial charge in [-0.25, -0.2) is 13.2 Å². The van der Waals surface area contributed by atoms with Gasteiger partial charge in [0.05, 0.1) is 0 Å². The maximum absolute atomic E-state index is 13.5. The van der Waals surface area contributed by atoms with Crippen LogP contribution in [0, 0.1) is 23.4 Å². The molecule has 1 aromatic rings. The van der Waals surface area contributed by atoms with Crippen molar-refractivity contribution in [1.29, 1.82) is 0 Å². The van der Waals surface area contributed by atoms with Crippen molar-refractivity contribution in [1.82, 2.24) is 0 Å². The first-order valence-corrected chi connectivity index (χ1v) is 6.48. The molecule has 1 fully saturated rings. The van der Waals surface area contributed by atoms with Crippen LogP contribution < -0.4 is 5.73 Å². The maximum atomic E-state index is 13.5. The van der Waals surface area contributed by atoms with Crippen LogP contribution in [0.5, 0.6) is 0 Å². The molecule has 1 aliphatic rings. The molecule has 1 saturated carbocycles. The third kappa shape index (κ3) is 3.05. The third-order valence-corrected chi connectivity index (χ3v) is 3.78. The number of hydrogen-bond donors (Lipinski definition) is 1. The molecule has 1 unspecified atom stereocenters. The minimum Gasteiger partial charge on any atom is -0.324 e. The van der Waals surface area contributed by atoms with Crippen LogP contribution in [0.15, 0.2) is 12.1 Å². The average Bonchev–Trinajstić information content (AvgIpc) is 2.77. The van der Waals surface area contributed by atoms with Crippen LogP contribution >= 0.6 is 0 Å². The maximum Gasteiger partial charge on any atom is 0.133 e. The summed E-state index contributed by atoms with van der Waals surface area (Å²) in [5.74, 6) is -2.04. The van der Waals surface area contributed by atoms with Crippen molar-refractivity contribution in [3.05, 3.63) is 35.1 Å². The van der Waals surface area contributed by atoms with E-state index in [9.17, 15) is 13.2 Å². The number of nitrogens with two attached hydrogens (primary N) is 1. The van der Waals surface area contributed by atoms with Gasteiger partial charge < -0.3 is 5.73 Å². The first-order valence-electron chi connectivity index (χ1n) is 6.48. The Labute approximate surface area is 105 Å². The van der Waals surface area contributed by atoms with E-state index < -0.39 is 23.5 Å². The Morgan fingerprint density at radius 3 is 2.22 bits per heavy atom. The predicted molar refractivity (Wildman–Crippen MR) is 64.4 cm³/mol. The quantitative estimate of drug-likeness (QED) is 0.864. The second-order valence-electron chi connectivity index (χ2n) is 5.12. The lowest BCUT2D eigenvalue weighted by Gasteiger charge is -2.16. The van der Waals surface area contributed by atoms with Crippen molar-refractivity contribution in [3.63, 3.8) is 0 Å². The standard InChI is InChI=1S/C14H18F3N/c15-10-7-11(16)14(12(17)8-10)13(18)6-5-9-3-1-2-4-9/h7-9,13H,1-6,18H2. The van der Waals surface area contributed by atoms with Gasteiger partial charge in [-0.05, 0) is 18.8 Å². The lowest BCUT2D eigenvalue weighted by Crippen LogP contribution is -2.15. The highest BCUT2D eigenvalue weighted by Crippen LogP contribution is 2.32. The summed E-state index contributed by atoms with van der Waals surface area (Å²) < 4.78 is 39.8. The summed E-state index contributed by atoms with van der Waals surface area (Å²) in [4.78, 5) is 0. The van der Waals surface area contributed by atoms with Crippen molar-refractivity contribution in [2.75, 3.05) is 0 Å². The molecule has 2 rings (SSSR count). The fourth-order valence-corrected chi connectivity index (χ4v) is 2.77. The van der Waals surface area contributed by atoms with E-state index in [1.54, 1.807) is 0 Å². The highest BCUT2D eigenvalue weighted by molar-refractivity contribution is 5.23. The van der Waals surface area contributed by atoms with E-state index in [2.05, 4.69) is 0 Å². The summed E-state index contributed by atoms with van der Waals surface area (Å²) in [6, 6.07) is 0.688. The molecule has 0 radical (unpaired) electrons. The Morgan fingerprint density at radius 1 is 1.11 bits per heavy atom. The fourth-order valence-electron chi connectivity index (χ4n) is 2.77. The van der Waals surface area contributed by atoms with Crippen LogP contribution in [-0.2, 0) is 0 Å². The number of rotatable bonds is 4. The lowest BCUT2D eigenvalue weighted by atomic mass is 9.95. The average molecular weight is 257 g/mol. The monoisotopic (exact) mass is 257 g/mol. The zero-order valence-electron chi connectivity index (χ0n) is 10.3. The van der Waals surface area contributed by atoms with Crippen molar-refractivity contribution < 1.29 is 13.2 Å². The Hall–Kier alpha value is -1.03. The summed E-state index contributed by atoms with van der Waals surface area (Å²) in [6.07, 6.45) is 6.27. The van der Waals surface area contributed by atoms with Gasteiger partial charge in [0.2, 0.25) is 0 Å². The molecule has 0 heterocycles. The first kappa shape index (κ1) is 13.4. The minimum absolute atomic E-state index is 0.186. The van der Waals surface area contributed by atoms with Gasteiger partial charge in [0.1, 0.15) is 17.5 Å². The van der Waals surface area contributed by atoms with E-state index in [-0.39, 0.29) is 5.56 Å². The largest absolute Gasteiger partial charge is 0.324 e. The fraction of sp³-hybridized carbons (Fsp3) is 0.571. The lowest BCUT2D eigenvalue weighted by molar-refractivity contribution is 0.432. The van der Waals surface area contributed by atoms with Crippen LogP contribution in [0.1, 0.15) is 50.1 Å². The van der Waals surface area contributed by atoms with Gasteiger partial charge in [0, 0.05) is 23.7 Å². The predicted octanol–water partition coefficient (Wildman–Crippen LogP) is 4.07. The van der Waals surface area contributed by atoms with E-state index in [1.807, 2.05) is 0 Å². The summed E-state index contributed by atoms with van der Waals surface area (Å²) in [7, 11) is 0. The number of benzene rings is 1. The van der Waals surface area contributed by atoms with Gasteiger partial charge in [0.15, 0.2) is 0 Å². The van der Waals surface area contributed by atoms with Crippen molar-refractivity contribution >= 4 is 0 Å². The van der Waals surface area contributed by atoms with Crippen LogP contribution in [-0.4, -0.2) is 0 Å². The van der Waals surface area contributed by atoms with Crippen molar-refractivity contribution in [2.24, 2.45) is 11.7 Å². The summed E-state index contributed by atoms with van der Waals surface area (Å²) in [5.41, 5.74) is 5.64. The number of halogens is 3. The molecular formula is C14H18F3N. The molecule has 4 heteroatoms. The van der Waals surface area contributed by atoms with Crippen LogP contribution in [0.3, 0.4) is 0 Å². The second kappa shape index (κ2) is 5.74. The Kier molecular flexibility index (Phi) is 4.27. The summed E-state index contributed by atoms with van der Waals surface area (Å²) in [5, 5.41) is 0. The molecule has 1 aromatic carbocycles. The minimum atomic E-state index is -0.906. The molecule has 18 heavy (non-hydrogen) atoms. The normalized spacial score (nSPS) is 18.2. The molecule has 0 saturated heterocycles. The van der Waals surface area contributed by atoms with Crippen LogP contribution in [0.4, 0.5) is 13.2 Å². The highest BCUT2D eigenvalue weighted by atomic mass is 19.1. The van der Waals surface area contributed by atoms with E-state index in [1.165, 1.54) is 25.7 Å². The Morgan fingerprint density at radius 2 is 1.67 bits per heavy atom. The topological polar surface area (TPSA) is 26.0 Å². The zero-order valence-corrected chi connectivity index (χ0v) is 10.3. The van der Waals surface area contributed by atoms with E-state index in [0.717, 1.165) is 6.42 Å². The third-order valence-electron chi connectivity index (χ3n) is 3.78. The molecule has 0 amide bonds. The molecular weight excluding hydrogens is 239 g/mol. The van der Waals surface area contributed by atoms with Crippen LogP contribution in [0.25, 0.3) is 0 Å². The SMILES string of the molecule is NC(CCC1CCCC1)c1c(F)cc(F)cc1F. The summed E-state index contributed by atoms with van der Waals surface area (Å²) in [6.45, 7) is 0. The smallest absolute Gasteiger partial charge is 0.133 e. The van der Waals surface area contributed by atoms with Crippen LogP contribution in [0.2, 0.25) is 0 Å². The van der Waals surface area contributed by atoms with Gasteiger partial charge in [-0.15, -0.1) is 0 Å². The molecule has 0 spiro atoms. The molecule has 0 bridgehead atoms. The van der Waals surface area contributed by atoms with E-state index >= 15 is 0 Å². The van der Waals surface area contributed by atoms with Gasteiger partial charge in [-0.3, -0.25) is 0 Å². The Balaban J connectivity index is 2.01. The van der Waals surface area contributed by atoms with Gasteiger partial charge in [-0.1, -0.05) is 25.7 Å². The highest BCUT2D eigenvalue weighted by Gasteiger charge is 2.21. The first-order chi connectivity index (χ1) is 8.58. The van der Waals surface area contributed by atoms with Gasteiger partial charge >= 0.3 is 0 Å². The van der Waals surface area contributed by atoms with E-state index in [4.69, 9.17) is 5.73 Å². The van der Waals surface area contributed by atoms with Gasteiger partial charge in [-0.2, -0.15) is 0 Å². The molecule has 100 valence electrons. The number of hydrogen-bond acceptors (Lipinski definition) is 1. The van der Waals surface area contributed by atoms with E-state index in [0.29, 0.717) is 24.5 Å². The molecule has 0 aliphatic heterocycles. The van der Waals surface area contributed by atoms with Crippen molar-refractivity contribution in [3.8, 4) is 0 Å². The zero-order chi connectivity index (χ0) is 13.1. The van der Waals surface area contributed by atoms with Gasteiger partial charge in [0.25, 0.3) is 0 Å². The molecule has 1 nitrogen and oxygen atoms in total. The molecule has 1 atom stereocenters. The second-order valence-corrected chi connectivity index (χ2v) is 5.12. The summed E-state index contributed by atoms with van der Waals surface area (Å²) >= 11 is 0. The molecule has 2 N–H and O–H groups in total. The van der Waals surface area contributed by atoms with Crippen molar-refractivity contribution in [2.45, 2.75) is 44.6 Å². The molecule has 0 aromatic heterocycles. The molecule has 1 aliphatic carbocycles.